The summed E-state index contributed by atoms with van der Waals surface area (Å²) in [6, 6.07) is 18.5. The summed E-state index contributed by atoms with van der Waals surface area (Å²) in [7, 11) is 0. The summed E-state index contributed by atoms with van der Waals surface area (Å²) in [5.74, 6) is -2.06. The van der Waals surface area contributed by atoms with E-state index < -0.39 is 18.0 Å². The van der Waals surface area contributed by atoms with Crippen LogP contribution in [0.15, 0.2) is 66.7 Å². The fraction of sp³-hybridized carbons (Fsp3) is 0.125. The number of halogens is 2. The molecule has 6 heteroatoms. The van der Waals surface area contributed by atoms with Gasteiger partial charge in [-0.05, 0) is 23.3 Å². The van der Waals surface area contributed by atoms with Crippen LogP contribution in [0.25, 0.3) is 0 Å². The quantitative estimate of drug-likeness (QED) is 0.399. The molecule has 0 heterocycles. The average molecular weight is 439 g/mol. The van der Waals surface area contributed by atoms with Gasteiger partial charge >= 0.3 is 5.97 Å². The van der Waals surface area contributed by atoms with Crippen LogP contribution in [0.3, 0.4) is 0 Å². The first-order chi connectivity index (χ1) is 14.4. The summed E-state index contributed by atoms with van der Waals surface area (Å²) in [5.41, 5.74) is 1.97. The SMILES string of the molecule is CC(=O)OC(C(=O)c1ccccc1)C1c2cccc(Cl)c2C(=O)c2cccc(Cl)c21. The van der Waals surface area contributed by atoms with Crippen molar-refractivity contribution in [3.8, 4) is 0 Å². The van der Waals surface area contributed by atoms with Gasteiger partial charge in [-0.25, -0.2) is 0 Å². The third-order valence-corrected chi connectivity index (χ3v) is 5.77. The summed E-state index contributed by atoms with van der Waals surface area (Å²) < 4.78 is 5.55. The third-order valence-electron chi connectivity index (χ3n) is 5.13. The molecule has 0 aliphatic heterocycles. The van der Waals surface area contributed by atoms with Gasteiger partial charge in [0.2, 0.25) is 5.78 Å². The zero-order chi connectivity index (χ0) is 21.4. The summed E-state index contributed by atoms with van der Waals surface area (Å²) in [6.07, 6.45) is -1.21. The van der Waals surface area contributed by atoms with Crippen molar-refractivity contribution in [2.24, 2.45) is 0 Å². The highest BCUT2D eigenvalue weighted by Gasteiger charge is 2.43. The highest BCUT2D eigenvalue weighted by atomic mass is 35.5. The van der Waals surface area contributed by atoms with Crippen LogP contribution in [0.5, 0.6) is 0 Å². The molecule has 150 valence electrons. The van der Waals surface area contributed by atoms with E-state index in [1.807, 2.05) is 0 Å². The lowest BCUT2D eigenvalue weighted by atomic mass is 9.73. The van der Waals surface area contributed by atoms with Crippen molar-refractivity contribution in [2.75, 3.05) is 0 Å². The third kappa shape index (κ3) is 3.42. The Morgan fingerprint density at radius 2 is 1.57 bits per heavy atom. The van der Waals surface area contributed by atoms with Crippen LogP contribution in [-0.4, -0.2) is 23.6 Å². The number of ether oxygens (including phenoxy) is 1. The fourth-order valence-corrected chi connectivity index (χ4v) is 4.47. The topological polar surface area (TPSA) is 60.4 Å². The summed E-state index contributed by atoms with van der Waals surface area (Å²) in [6.45, 7) is 1.24. The number of Topliss-reactive ketones (excluding diaryl/α,β-unsaturated/α-hetero) is 1. The van der Waals surface area contributed by atoms with Crippen LogP contribution in [0, 0.1) is 0 Å². The number of carbonyl (C=O) groups is 3. The van der Waals surface area contributed by atoms with Crippen molar-refractivity contribution >= 4 is 40.7 Å². The zero-order valence-corrected chi connectivity index (χ0v) is 17.4. The molecule has 0 amide bonds. The molecular weight excluding hydrogens is 423 g/mol. The molecule has 0 saturated carbocycles. The molecule has 1 aliphatic rings. The van der Waals surface area contributed by atoms with Gasteiger partial charge in [0.15, 0.2) is 11.9 Å². The van der Waals surface area contributed by atoms with Gasteiger partial charge < -0.3 is 4.74 Å². The molecule has 0 fully saturated rings. The molecule has 2 atom stereocenters. The van der Waals surface area contributed by atoms with E-state index in [4.69, 9.17) is 27.9 Å². The maximum absolute atomic E-state index is 13.4. The molecule has 0 saturated heterocycles. The number of carbonyl (C=O) groups excluding carboxylic acids is 3. The molecular formula is C24H16Cl2O4. The van der Waals surface area contributed by atoms with E-state index in [1.54, 1.807) is 66.7 Å². The van der Waals surface area contributed by atoms with Crippen molar-refractivity contribution in [3.63, 3.8) is 0 Å². The van der Waals surface area contributed by atoms with Gasteiger partial charge in [-0.15, -0.1) is 0 Å². The van der Waals surface area contributed by atoms with Crippen LogP contribution in [0.1, 0.15) is 50.2 Å². The minimum atomic E-state index is -1.21. The van der Waals surface area contributed by atoms with Gasteiger partial charge in [0.25, 0.3) is 0 Å². The van der Waals surface area contributed by atoms with Crippen molar-refractivity contribution in [1.29, 1.82) is 0 Å². The van der Waals surface area contributed by atoms with Crippen molar-refractivity contribution < 1.29 is 19.1 Å². The van der Waals surface area contributed by atoms with Gasteiger partial charge in [0, 0.05) is 28.6 Å². The van der Waals surface area contributed by atoms with Gasteiger partial charge in [0.05, 0.1) is 10.9 Å². The Hall–Kier alpha value is -2.95. The van der Waals surface area contributed by atoms with Crippen LogP contribution >= 0.6 is 23.2 Å². The number of ketones is 2. The summed E-state index contributed by atoms with van der Waals surface area (Å²) >= 11 is 12.9. The molecule has 0 radical (unpaired) electrons. The number of rotatable bonds is 4. The number of hydrogen-bond acceptors (Lipinski definition) is 4. The van der Waals surface area contributed by atoms with E-state index in [9.17, 15) is 14.4 Å². The van der Waals surface area contributed by atoms with E-state index >= 15 is 0 Å². The van der Waals surface area contributed by atoms with E-state index in [-0.39, 0.29) is 22.2 Å². The predicted octanol–water partition coefficient (Wildman–Crippen LogP) is 5.48. The largest absolute Gasteiger partial charge is 0.453 e. The van der Waals surface area contributed by atoms with Crippen molar-refractivity contribution in [1.82, 2.24) is 0 Å². The van der Waals surface area contributed by atoms with E-state index in [0.29, 0.717) is 27.3 Å². The molecule has 3 aromatic carbocycles. The second-order valence-corrected chi connectivity index (χ2v) is 7.79. The molecule has 4 rings (SSSR count). The Labute approximate surface area is 183 Å². The molecule has 0 N–H and O–H groups in total. The normalized spacial score (nSPS) is 15.7. The predicted molar refractivity (Wildman–Crippen MR) is 115 cm³/mol. The standard InChI is InChI=1S/C24H16Cl2O4/c1-13(27)30-24(22(28)14-7-3-2-4-8-14)21-15-9-5-12-18(26)20(15)23(29)16-10-6-11-17(25)19(16)21/h2-12,21,24H,1H3. The number of esters is 1. The fourth-order valence-electron chi connectivity index (χ4n) is 3.91. The molecule has 30 heavy (non-hydrogen) atoms. The molecule has 3 aromatic rings. The molecule has 0 bridgehead atoms. The second-order valence-electron chi connectivity index (χ2n) is 6.97. The minimum Gasteiger partial charge on any atom is -0.453 e. The lowest BCUT2D eigenvalue weighted by Gasteiger charge is -2.33. The molecule has 1 aliphatic carbocycles. The lowest BCUT2D eigenvalue weighted by molar-refractivity contribution is -0.144. The van der Waals surface area contributed by atoms with Crippen molar-refractivity contribution in [2.45, 2.75) is 18.9 Å². The maximum atomic E-state index is 13.4. The summed E-state index contributed by atoms with van der Waals surface area (Å²) in [5, 5.41) is 0.580. The molecule has 0 spiro atoms. The Morgan fingerprint density at radius 1 is 0.900 bits per heavy atom. The number of hydrogen-bond donors (Lipinski definition) is 0. The first-order valence-electron chi connectivity index (χ1n) is 9.28. The smallest absolute Gasteiger partial charge is 0.303 e. The van der Waals surface area contributed by atoms with Crippen LogP contribution < -0.4 is 0 Å². The molecule has 4 nitrogen and oxygen atoms in total. The zero-order valence-electron chi connectivity index (χ0n) is 15.9. The molecule has 0 aromatic heterocycles. The Kier molecular flexibility index (Phi) is 5.46. The van der Waals surface area contributed by atoms with E-state index in [1.165, 1.54) is 6.92 Å². The van der Waals surface area contributed by atoms with Crippen LogP contribution in [0.2, 0.25) is 10.0 Å². The van der Waals surface area contributed by atoms with Gasteiger partial charge in [-0.1, -0.05) is 77.8 Å². The average Bonchev–Trinajstić information content (AvgIpc) is 2.73. The highest BCUT2D eigenvalue weighted by molar-refractivity contribution is 6.36. The van der Waals surface area contributed by atoms with Crippen molar-refractivity contribution in [3.05, 3.63) is 105 Å². The van der Waals surface area contributed by atoms with Crippen LogP contribution in [-0.2, 0) is 9.53 Å². The number of fused-ring (bicyclic) bond motifs is 2. The van der Waals surface area contributed by atoms with Gasteiger partial charge in [0.1, 0.15) is 0 Å². The first kappa shape index (κ1) is 20.3. The lowest BCUT2D eigenvalue weighted by Crippen LogP contribution is -2.37. The Balaban J connectivity index is 1.99. The maximum Gasteiger partial charge on any atom is 0.303 e. The van der Waals surface area contributed by atoms with Gasteiger partial charge in [-0.3, -0.25) is 14.4 Å². The van der Waals surface area contributed by atoms with E-state index in [2.05, 4.69) is 0 Å². The summed E-state index contributed by atoms with van der Waals surface area (Å²) in [4.78, 5) is 38.6. The van der Waals surface area contributed by atoms with Gasteiger partial charge in [-0.2, -0.15) is 0 Å². The monoisotopic (exact) mass is 438 g/mol. The second kappa shape index (κ2) is 8.05. The van der Waals surface area contributed by atoms with Crippen LogP contribution in [0.4, 0.5) is 0 Å². The highest BCUT2D eigenvalue weighted by Crippen LogP contribution is 2.45. The minimum absolute atomic E-state index is 0.266. The Morgan fingerprint density at radius 3 is 2.27 bits per heavy atom. The first-order valence-corrected chi connectivity index (χ1v) is 10.0. The van der Waals surface area contributed by atoms with E-state index in [0.717, 1.165) is 0 Å². The number of benzene rings is 3. The Bertz CT molecular complexity index is 1170. The molecule has 2 unspecified atom stereocenters.